The highest BCUT2D eigenvalue weighted by Gasteiger charge is 2.31. The molecule has 1 heterocycles. The van der Waals surface area contributed by atoms with E-state index >= 15 is 0 Å². The van der Waals surface area contributed by atoms with E-state index in [1.54, 1.807) is 25.7 Å². The summed E-state index contributed by atoms with van der Waals surface area (Å²) in [6, 6.07) is 4.86. The van der Waals surface area contributed by atoms with Crippen molar-refractivity contribution in [2.75, 3.05) is 19.6 Å². The predicted molar refractivity (Wildman–Crippen MR) is 89.2 cm³/mol. The SMILES string of the molecule is CC(C)(C)OC(=O)N1CCCCNC(c2ccc(C(F)(F)F)cc2)C1. The van der Waals surface area contributed by atoms with Crippen molar-refractivity contribution in [1.82, 2.24) is 10.2 Å². The minimum atomic E-state index is -4.35. The first-order valence-electron chi connectivity index (χ1n) is 8.45. The van der Waals surface area contributed by atoms with Crippen LogP contribution in [-0.4, -0.2) is 36.2 Å². The van der Waals surface area contributed by atoms with E-state index in [0.717, 1.165) is 37.1 Å². The van der Waals surface area contributed by atoms with Crippen LogP contribution in [0.3, 0.4) is 0 Å². The van der Waals surface area contributed by atoms with Gasteiger partial charge in [-0.15, -0.1) is 0 Å². The Bertz CT molecular complexity index is 579. The Morgan fingerprint density at radius 2 is 1.80 bits per heavy atom. The summed E-state index contributed by atoms with van der Waals surface area (Å²) in [5.41, 5.74) is -0.536. The molecule has 1 N–H and O–H groups in total. The van der Waals surface area contributed by atoms with Gasteiger partial charge in [-0.2, -0.15) is 13.2 Å². The summed E-state index contributed by atoms with van der Waals surface area (Å²) in [5.74, 6) is 0. The van der Waals surface area contributed by atoms with Gasteiger partial charge in [0.25, 0.3) is 0 Å². The zero-order chi connectivity index (χ0) is 18.7. The van der Waals surface area contributed by atoms with Gasteiger partial charge in [0.1, 0.15) is 5.60 Å². The number of benzene rings is 1. The number of rotatable bonds is 1. The van der Waals surface area contributed by atoms with Crippen molar-refractivity contribution in [3.8, 4) is 0 Å². The summed E-state index contributed by atoms with van der Waals surface area (Å²) in [6.07, 6.45) is -3.01. The molecule has 1 aromatic rings. The molecule has 1 atom stereocenters. The molecular formula is C18H25F3N2O2. The summed E-state index contributed by atoms with van der Waals surface area (Å²) in [7, 11) is 0. The van der Waals surface area contributed by atoms with Crippen LogP contribution in [0, 0.1) is 0 Å². The van der Waals surface area contributed by atoms with E-state index in [0.29, 0.717) is 13.1 Å². The van der Waals surface area contributed by atoms with Crippen LogP contribution >= 0.6 is 0 Å². The molecule has 1 aliphatic heterocycles. The Morgan fingerprint density at radius 3 is 2.36 bits per heavy atom. The third-order valence-corrected chi connectivity index (χ3v) is 3.94. The van der Waals surface area contributed by atoms with Crippen molar-refractivity contribution in [2.24, 2.45) is 0 Å². The number of carbonyl (C=O) groups is 1. The van der Waals surface area contributed by atoms with E-state index in [2.05, 4.69) is 5.32 Å². The Hall–Kier alpha value is -1.76. The van der Waals surface area contributed by atoms with Gasteiger partial charge < -0.3 is 15.0 Å². The molecule has 0 bridgehead atoms. The third kappa shape index (κ3) is 5.92. The summed E-state index contributed by atoms with van der Waals surface area (Å²) in [5, 5.41) is 3.31. The minimum absolute atomic E-state index is 0.227. The number of nitrogens with zero attached hydrogens (tertiary/aromatic N) is 1. The molecular weight excluding hydrogens is 333 g/mol. The minimum Gasteiger partial charge on any atom is -0.444 e. The second-order valence-electron chi connectivity index (χ2n) is 7.26. The van der Waals surface area contributed by atoms with Gasteiger partial charge in [0.05, 0.1) is 11.6 Å². The van der Waals surface area contributed by atoms with Gasteiger partial charge in [-0.25, -0.2) is 4.79 Å². The molecule has 0 saturated carbocycles. The van der Waals surface area contributed by atoms with Crippen LogP contribution in [0.15, 0.2) is 24.3 Å². The Labute approximate surface area is 146 Å². The molecule has 0 spiro atoms. The molecule has 1 fully saturated rings. The van der Waals surface area contributed by atoms with Crippen molar-refractivity contribution in [2.45, 2.75) is 51.4 Å². The van der Waals surface area contributed by atoms with E-state index < -0.39 is 23.4 Å². The highest BCUT2D eigenvalue weighted by molar-refractivity contribution is 5.68. The zero-order valence-corrected chi connectivity index (χ0v) is 14.8. The molecule has 1 aromatic carbocycles. The van der Waals surface area contributed by atoms with Crippen LogP contribution in [0.4, 0.5) is 18.0 Å². The first-order chi connectivity index (χ1) is 11.6. The third-order valence-electron chi connectivity index (χ3n) is 3.94. The van der Waals surface area contributed by atoms with Gasteiger partial charge in [-0.05, 0) is 57.9 Å². The maximum Gasteiger partial charge on any atom is 0.416 e. The first kappa shape index (κ1) is 19.6. The summed E-state index contributed by atoms with van der Waals surface area (Å²) < 4.78 is 43.6. The van der Waals surface area contributed by atoms with Gasteiger partial charge in [-0.1, -0.05) is 12.1 Å². The Balaban J connectivity index is 2.13. The molecule has 7 heteroatoms. The average Bonchev–Trinajstić information content (AvgIpc) is 2.44. The summed E-state index contributed by atoms with van der Waals surface area (Å²) in [6.45, 7) is 7.11. The molecule has 1 unspecified atom stereocenters. The van der Waals surface area contributed by atoms with Gasteiger partial charge in [0, 0.05) is 13.1 Å². The fourth-order valence-electron chi connectivity index (χ4n) is 2.70. The van der Waals surface area contributed by atoms with Crippen LogP contribution in [0.5, 0.6) is 0 Å². The summed E-state index contributed by atoms with van der Waals surface area (Å²) >= 11 is 0. The van der Waals surface area contributed by atoms with Crippen LogP contribution in [0.25, 0.3) is 0 Å². The van der Waals surface area contributed by atoms with Gasteiger partial charge >= 0.3 is 12.3 Å². The second kappa shape index (κ2) is 7.64. The fraction of sp³-hybridized carbons (Fsp3) is 0.611. The van der Waals surface area contributed by atoms with E-state index in [1.165, 1.54) is 12.1 Å². The molecule has 4 nitrogen and oxygen atoms in total. The number of nitrogens with one attached hydrogen (secondary N) is 1. The van der Waals surface area contributed by atoms with Crippen molar-refractivity contribution >= 4 is 6.09 Å². The van der Waals surface area contributed by atoms with E-state index in [9.17, 15) is 18.0 Å². The lowest BCUT2D eigenvalue weighted by Crippen LogP contribution is -2.44. The predicted octanol–water partition coefficient (Wildman–Crippen LogP) is 4.37. The molecule has 140 valence electrons. The topological polar surface area (TPSA) is 41.6 Å². The fourth-order valence-corrected chi connectivity index (χ4v) is 2.70. The van der Waals surface area contributed by atoms with Gasteiger partial charge in [-0.3, -0.25) is 0 Å². The van der Waals surface area contributed by atoms with Crippen LogP contribution < -0.4 is 5.32 Å². The largest absolute Gasteiger partial charge is 0.444 e. The number of amides is 1. The number of ether oxygens (including phenoxy) is 1. The zero-order valence-electron chi connectivity index (χ0n) is 14.8. The molecule has 1 amide bonds. The smallest absolute Gasteiger partial charge is 0.416 e. The normalized spacial score (nSPS) is 19.9. The van der Waals surface area contributed by atoms with Crippen molar-refractivity contribution in [3.63, 3.8) is 0 Å². The van der Waals surface area contributed by atoms with Crippen molar-refractivity contribution in [1.29, 1.82) is 0 Å². The van der Waals surface area contributed by atoms with E-state index in [-0.39, 0.29) is 6.04 Å². The monoisotopic (exact) mass is 358 g/mol. The highest BCUT2D eigenvalue weighted by atomic mass is 19.4. The standard InChI is InChI=1S/C18H25F3N2O2/c1-17(2,3)25-16(24)23-11-5-4-10-22-15(12-23)13-6-8-14(9-7-13)18(19,20)21/h6-9,15,22H,4-5,10-12H2,1-3H3. The Kier molecular flexibility index (Phi) is 5.98. The molecule has 0 aromatic heterocycles. The number of halogens is 3. The van der Waals surface area contributed by atoms with Gasteiger partial charge in [0.2, 0.25) is 0 Å². The highest BCUT2D eigenvalue weighted by Crippen LogP contribution is 2.30. The number of hydrogen-bond donors (Lipinski definition) is 1. The maximum absolute atomic E-state index is 12.7. The number of hydrogen-bond acceptors (Lipinski definition) is 3. The molecule has 0 aliphatic carbocycles. The van der Waals surface area contributed by atoms with Crippen LogP contribution in [-0.2, 0) is 10.9 Å². The van der Waals surface area contributed by atoms with Crippen molar-refractivity contribution in [3.05, 3.63) is 35.4 Å². The van der Waals surface area contributed by atoms with E-state index in [4.69, 9.17) is 4.74 Å². The molecule has 1 saturated heterocycles. The molecule has 1 aliphatic rings. The lowest BCUT2D eigenvalue weighted by molar-refractivity contribution is -0.137. The molecule has 0 radical (unpaired) electrons. The average molecular weight is 358 g/mol. The lowest BCUT2D eigenvalue weighted by atomic mass is 10.0. The molecule has 2 rings (SSSR count). The van der Waals surface area contributed by atoms with Gasteiger partial charge in [0.15, 0.2) is 0 Å². The van der Waals surface area contributed by atoms with Crippen LogP contribution in [0.2, 0.25) is 0 Å². The quantitative estimate of drug-likeness (QED) is 0.811. The van der Waals surface area contributed by atoms with Crippen LogP contribution in [0.1, 0.15) is 50.8 Å². The second-order valence-corrected chi connectivity index (χ2v) is 7.26. The van der Waals surface area contributed by atoms with E-state index in [1.807, 2.05) is 0 Å². The maximum atomic E-state index is 12.7. The lowest BCUT2D eigenvalue weighted by Gasteiger charge is -2.32. The Morgan fingerprint density at radius 1 is 1.16 bits per heavy atom. The summed E-state index contributed by atoms with van der Waals surface area (Å²) in [4.78, 5) is 14.0. The first-order valence-corrected chi connectivity index (χ1v) is 8.45. The van der Waals surface area contributed by atoms with Crippen molar-refractivity contribution < 1.29 is 22.7 Å². The molecule has 25 heavy (non-hydrogen) atoms. The number of carbonyl (C=O) groups excluding carboxylic acids is 1. The number of alkyl halides is 3.